The summed E-state index contributed by atoms with van der Waals surface area (Å²) < 4.78 is 0. The highest BCUT2D eigenvalue weighted by Gasteiger charge is 2.25. The van der Waals surface area contributed by atoms with Crippen molar-refractivity contribution >= 4 is 23.5 Å². The lowest BCUT2D eigenvalue weighted by Gasteiger charge is -2.32. The van der Waals surface area contributed by atoms with Gasteiger partial charge in [0.15, 0.2) is 0 Å². The molecule has 7 N–H and O–H groups in total. The number of aromatic nitrogens is 2. The number of rotatable bonds is 3. The van der Waals surface area contributed by atoms with Crippen LogP contribution in [0.15, 0.2) is 6.07 Å². The number of hydrogen-bond acceptors (Lipinski definition) is 7. The molecule has 0 aromatic carbocycles. The van der Waals surface area contributed by atoms with Crippen LogP contribution in [0.4, 0.5) is 17.6 Å². The van der Waals surface area contributed by atoms with Crippen molar-refractivity contribution in [2.75, 3.05) is 29.1 Å². The summed E-state index contributed by atoms with van der Waals surface area (Å²) in [5.41, 5.74) is 13.4. The maximum atomic E-state index is 11.2. The average molecular weight is 251 g/mol. The molecule has 0 saturated carbocycles. The van der Waals surface area contributed by atoms with E-state index in [0.717, 1.165) is 19.4 Å². The molecule has 1 aromatic heterocycles. The third kappa shape index (κ3) is 2.59. The molecule has 0 aliphatic carbocycles. The van der Waals surface area contributed by atoms with Gasteiger partial charge in [-0.05, 0) is 12.8 Å². The zero-order chi connectivity index (χ0) is 13.1. The lowest BCUT2D eigenvalue weighted by molar-refractivity contribution is -0.122. The molecule has 1 aliphatic rings. The first-order chi connectivity index (χ1) is 8.60. The van der Waals surface area contributed by atoms with Gasteiger partial charge < -0.3 is 21.8 Å². The first kappa shape index (κ1) is 12.4. The van der Waals surface area contributed by atoms with Crippen LogP contribution in [0.25, 0.3) is 0 Å². The van der Waals surface area contributed by atoms with E-state index in [9.17, 15) is 4.79 Å². The summed E-state index contributed by atoms with van der Waals surface area (Å²) >= 11 is 0. The smallest absolute Gasteiger partial charge is 0.223 e. The number of hydrogen-bond donors (Lipinski definition) is 4. The van der Waals surface area contributed by atoms with Crippen LogP contribution in [-0.4, -0.2) is 29.0 Å². The molecule has 0 radical (unpaired) electrons. The van der Waals surface area contributed by atoms with Gasteiger partial charge in [0.05, 0.1) is 5.92 Å². The fraction of sp³-hybridized carbons (Fsp3) is 0.500. The van der Waals surface area contributed by atoms with Crippen molar-refractivity contribution < 1.29 is 4.79 Å². The highest BCUT2D eigenvalue weighted by atomic mass is 16.1. The Hall–Kier alpha value is -2.09. The van der Waals surface area contributed by atoms with Crippen LogP contribution in [0.1, 0.15) is 12.8 Å². The molecule has 1 aromatic rings. The first-order valence-electron chi connectivity index (χ1n) is 5.75. The van der Waals surface area contributed by atoms with Crippen LogP contribution in [0.5, 0.6) is 0 Å². The molecule has 18 heavy (non-hydrogen) atoms. The second-order valence-corrected chi connectivity index (χ2v) is 4.30. The molecule has 0 bridgehead atoms. The van der Waals surface area contributed by atoms with E-state index in [4.69, 9.17) is 17.3 Å². The lowest BCUT2D eigenvalue weighted by atomic mass is 9.97. The van der Waals surface area contributed by atoms with Crippen LogP contribution in [0.3, 0.4) is 0 Å². The summed E-state index contributed by atoms with van der Waals surface area (Å²) in [5, 5.41) is 0. The Labute approximate surface area is 105 Å². The first-order valence-corrected chi connectivity index (χ1v) is 5.75. The number of nitrogens with one attached hydrogen (secondary N) is 1. The van der Waals surface area contributed by atoms with E-state index in [2.05, 4.69) is 15.4 Å². The van der Waals surface area contributed by atoms with Gasteiger partial charge in [0.25, 0.3) is 0 Å². The standard InChI is InChI=1S/C10H17N7O/c11-9(18)6-2-1-3-17(5-6)8-4-7(16-13)14-10(12)15-8/h4,6H,1-3,5,13H2,(H2,11,18)(H3,12,14,15,16). The van der Waals surface area contributed by atoms with E-state index in [0.29, 0.717) is 18.2 Å². The Morgan fingerprint density at radius 3 is 2.94 bits per heavy atom. The molecule has 98 valence electrons. The molecule has 1 saturated heterocycles. The van der Waals surface area contributed by atoms with Gasteiger partial charge in [-0.1, -0.05) is 0 Å². The van der Waals surface area contributed by atoms with E-state index < -0.39 is 0 Å². The van der Waals surface area contributed by atoms with Crippen molar-refractivity contribution in [2.24, 2.45) is 17.5 Å². The fourth-order valence-corrected chi connectivity index (χ4v) is 2.11. The van der Waals surface area contributed by atoms with Gasteiger partial charge in [0.1, 0.15) is 11.6 Å². The van der Waals surface area contributed by atoms with E-state index >= 15 is 0 Å². The molecule has 8 heteroatoms. The van der Waals surface area contributed by atoms with Crippen molar-refractivity contribution in [3.05, 3.63) is 6.07 Å². The SMILES string of the molecule is NNc1cc(N2CCCC(C(N)=O)C2)nc(N)n1. The van der Waals surface area contributed by atoms with Crippen molar-refractivity contribution in [3.63, 3.8) is 0 Å². The lowest BCUT2D eigenvalue weighted by Crippen LogP contribution is -2.41. The maximum Gasteiger partial charge on any atom is 0.223 e. The fourth-order valence-electron chi connectivity index (χ4n) is 2.11. The Morgan fingerprint density at radius 1 is 1.50 bits per heavy atom. The zero-order valence-corrected chi connectivity index (χ0v) is 9.97. The van der Waals surface area contributed by atoms with Crippen molar-refractivity contribution in [1.29, 1.82) is 0 Å². The molecule has 0 spiro atoms. The summed E-state index contributed by atoms with van der Waals surface area (Å²) in [4.78, 5) is 21.3. The Balaban J connectivity index is 2.20. The van der Waals surface area contributed by atoms with E-state index in [1.165, 1.54) is 0 Å². The quantitative estimate of drug-likeness (QED) is 0.401. The van der Waals surface area contributed by atoms with E-state index in [1.807, 2.05) is 4.90 Å². The molecular formula is C10H17N7O. The Morgan fingerprint density at radius 2 is 2.28 bits per heavy atom. The van der Waals surface area contributed by atoms with Gasteiger partial charge >= 0.3 is 0 Å². The summed E-state index contributed by atoms with van der Waals surface area (Å²) in [7, 11) is 0. The van der Waals surface area contributed by atoms with Crippen LogP contribution in [0.2, 0.25) is 0 Å². The average Bonchev–Trinajstić information content (AvgIpc) is 2.38. The number of piperidine rings is 1. The van der Waals surface area contributed by atoms with E-state index in [-0.39, 0.29) is 17.8 Å². The van der Waals surface area contributed by atoms with Gasteiger partial charge in [-0.2, -0.15) is 9.97 Å². The van der Waals surface area contributed by atoms with Crippen molar-refractivity contribution in [3.8, 4) is 0 Å². The van der Waals surface area contributed by atoms with Gasteiger partial charge in [-0.25, -0.2) is 5.84 Å². The number of nitrogens with zero attached hydrogens (tertiary/aromatic N) is 3. The van der Waals surface area contributed by atoms with Gasteiger partial charge in [0.2, 0.25) is 11.9 Å². The number of nitrogen functional groups attached to an aromatic ring is 2. The van der Waals surface area contributed by atoms with Gasteiger partial charge in [-0.15, -0.1) is 0 Å². The van der Waals surface area contributed by atoms with Crippen LogP contribution < -0.4 is 27.6 Å². The minimum atomic E-state index is -0.279. The number of anilines is 3. The molecule has 1 atom stereocenters. The monoisotopic (exact) mass is 251 g/mol. The molecule has 1 aliphatic heterocycles. The molecule has 1 fully saturated rings. The predicted octanol–water partition coefficient (Wildman–Crippen LogP) is -0.954. The second-order valence-electron chi connectivity index (χ2n) is 4.30. The molecule has 1 unspecified atom stereocenters. The summed E-state index contributed by atoms with van der Waals surface area (Å²) in [5.74, 6) is 6.11. The van der Waals surface area contributed by atoms with Crippen molar-refractivity contribution in [2.45, 2.75) is 12.8 Å². The molecule has 2 heterocycles. The van der Waals surface area contributed by atoms with Crippen LogP contribution >= 0.6 is 0 Å². The number of hydrazine groups is 1. The van der Waals surface area contributed by atoms with Gasteiger partial charge in [0, 0.05) is 19.2 Å². The largest absolute Gasteiger partial charge is 0.369 e. The molecule has 2 rings (SSSR count). The maximum absolute atomic E-state index is 11.2. The predicted molar refractivity (Wildman–Crippen MR) is 68.4 cm³/mol. The third-order valence-electron chi connectivity index (χ3n) is 3.03. The Bertz CT molecular complexity index is 450. The molecule has 1 amide bonds. The highest BCUT2D eigenvalue weighted by molar-refractivity contribution is 5.77. The van der Waals surface area contributed by atoms with Gasteiger partial charge in [-0.3, -0.25) is 4.79 Å². The summed E-state index contributed by atoms with van der Waals surface area (Å²) in [6.45, 7) is 1.36. The number of nitrogens with two attached hydrogens (primary N) is 3. The number of carbonyl (C=O) groups is 1. The minimum absolute atomic E-state index is 0.140. The number of primary amides is 1. The highest BCUT2D eigenvalue weighted by Crippen LogP contribution is 2.23. The topological polar surface area (TPSA) is 136 Å². The van der Waals surface area contributed by atoms with Crippen LogP contribution in [-0.2, 0) is 4.79 Å². The van der Waals surface area contributed by atoms with Crippen LogP contribution in [0, 0.1) is 5.92 Å². The number of amides is 1. The second kappa shape index (κ2) is 5.05. The minimum Gasteiger partial charge on any atom is -0.369 e. The molecule has 8 nitrogen and oxygen atoms in total. The third-order valence-corrected chi connectivity index (χ3v) is 3.03. The van der Waals surface area contributed by atoms with E-state index in [1.54, 1.807) is 6.07 Å². The van der Waals surface area contributed by atoms with Crippen molar-refractivity contribution in [1.82, 2.24) is 9.97 Å². The number of carbonyl (C=O) groups excluding carboxylic acids is 1. The summed E-state index contributed by atoms with van der Waals surface area (Å²) in [6.07, 6.45) is 1.71. The molecular weight excluding hydrogens is 234 g/mol. The Kier molecular flexibility index (Phi) is 3.47. The zero-order valence-electron chi connectivity index (χ0n) is 9.97. The normalized spacial score (nSPS) is 19.6. The summed E-state index contributed by atoms with van der Waals surface area (Å²) in [6, 6.07) is 1.69.